The fraction of sp³-hybridized carbons (Fsp3) is 0.444. The summed E-state index contributed by atoms with van der Waals surface area (Å²) in [6, 6.07) is 3.81. The number of aryl methyl sites for hydroxylation is 1. The summed E-state index contributed by atoms with van der Waals surface area (Å²) in [5, 5.41) is 8.47. The molecular weight excluding hydrogens is 316 g/mol. The highest BCUT2D eigenvalue weighted by Crippen LogP contribution is 2.24. The molecule has 0 radical (unpaired) electrons. The van der Waals surface area contributed by atoms with E-state index in [0.717, 1.165) is 38.2 Å². The van der Waals surface area contributed by atoms with Crippen LogP contribution in [-0.2, 0) is 19.5 Å². The smallest absolute Gasteiger partial charge is 0.227 e. The van der Waals surface area contributed by atoms with Crippen molar-refractivity contribution in [3.05, 3.63) is 47.9 Å². The van der Waals surface area contributed by atoms with Crippen LogP contribution in [0.3, 0.4) is 0 Å². The van der Waals surface area contributed by atoms with E-state index in [1.165, 1.54) is 11.3 Å². The summed E-state index contributed by atoms with van der Waals surface area (Å²) in [6.45, 7) is 8.26. The van der Waals surface area contributed by atoms with E-state index in [-0.39, 0.29) is 0 Å². The van der Waals surface area contributed by atoms with Crippen LogP contribution in [0.4, 0.5) is 0 Å². The second-order valence-electron chi connectivity index (χ2n) is 6.59. The molecule has 0 N–H and O–H groups in total. The number of likely N-dealkylation sites (tertiary alicyclic amines) is 1. The van der Waals surface area contributed by atoms with E-state index < -0.39 is 0 Å². The molecule has 0 amide bonds. The van der Waals surface area contributed by atoms with Crippen LogP contribution in [0.15, 0.2) is 35.2 Å². The lowest BCUT2D eigenvalue weighted by Crippen LogP contribution is -2.46. The molecule has 0 aromatic carbocycles. The number of hydrogen-bond acceptors (Lipinski definition) is 6. The van der Waals surface area contributed by atoms with Gasteiger partial charge in [0.05, 0.1) is 6.20 Å². The Morgan fingerprint density at radius 2 is 2.16 bits per heavy atom. The first-order valence-corrected chi connectivity index (χ1v) is 8.69. The molecule has 1 aliphatic heterocycles. The molecule has 25 heavy (non-hydrogen) atoms. The van der Waals surface area contributed by atoms with Gasteiger partial charge < -0.3 is 4.52 Å². The predicted octanol–water partition coefficient (Wildman–Crippen LogP) is 2.33. The van der Waals surface area contributed by atoms with Gasteiger partial charge in [0.2, 0.25) is 11.7 Å². The molecule has 0 saturated carbocycles. The van der Waals surface area contributed by atoms with Gasteiger partial charge in [0.1, 0.15) is 0 Å². The number of pyridine rings is 1. The van der Waals surface area contributed by atoms with Crippen LogP contribution in [-0.4, -0.2) is 42.9 Å². The Hall–Kier alpha value is -2.54. The Labute approximate surface area is 146 Å². The summed E-state index contributed by atoms with van der Waals surface area (Å²) in [6.07, 6.45) is 6.30. The standard InChI is InChI=1S/C18H22N6O/c1-3-24-13(2)16(9-20-24)12-23-10-14(11-23)7-17-21-18(22-25-17)15-5-4-6-19-8-15/h4-6,8-9,14H,3,7,10-12H2,1-2H3. The van der Waals surface area contributed by atoms with Gasteiger partial charge in [0, 0.05) is 61.8 Å². The minimum atomic E-state index is 0.573. The molecule has 1 saturated heterocycles. The lowest BCUT2D eigenvalue weighted by atomic mass is 9.95. The predicted molar refractivity (Wildman–Crippen MR) is 92.6 cm³/mol. The van der Waals surface area contributed by atoms with Crippen molar-refractivity contribution in [2.45, 2.75) is 33.4 Å². The molecule has 0 aliphatic carbocycles. The van der Waals surface area contributed by atoms with Crippen LogP contribution >= 0.6 is 0 Å². The third-order valence-electron chi connectivity index (χ3n) is 4.78. The summed E-state index contributed by atoms with van der Waals surface area (Å²) in [7, 11) is 0. The van der Waals surface area contributed by atoms with E-state index in [9.17, 15) is 0 Å². The zero-order valence-electron chi connectivity index (χ0n) is 14.6. The molecule has 130 valence electrons. The average Bonchev–Trinajstić information content (AvgIpc) is 3.21. The molecule has 7 heteroatoms. The van der Waals surface area contributed by atoms with Crippen molar-refractivity contribution in [2.75, 3.05) is 13.1 Å². The van der Waals surface area contributed by atoms with Crippen molar-refractivity contribution in [2.24, 2.45) is 5.92 Å². The van der Waals surface area contributed by atoms with Crippen molar-refractivity contribution >= 4 is 0 Å². The van der Waals surface area contributed by atoms with E-state index in [1.54, 1.807) is 12.4 Å². The molecule has 1 fully saturated rings. The van der Waals surface area contributed by atoms with Crippen LogP contribution in [0, 0.1) is 12.8 Å². The van der Waals surface area contributed by atoms with Gasteiger partial charge in [-0.1, -0.05) is 5.16 Å². The van der Waals surface area contributed by atoms with Crippen LogP contribution in [0.25, 0.3) is 11.4 Å². The van der Waals surface area contributed by atoms with Crippen molar-refractivity contribution < 1.29 is 4.52 Å². The minimum absolute atomic E-state index is 0.573. The van der Waals surface area contributed by atoms with Gasteiger partial charge in [-0.2, -0.15) is 10.1 Å². The van der Waals surface area contributed by atoms with Gasteiger partial charge in [-0.25, -0.2) is 0 Å². The topological polar surface area (TPSA) is 72.9 Å². The summed E-state index contributed by atoms with van der Waals surface area (Å²) in [4.78, 5) is 11.0. The second kappa shape index (κ2) is 6.76. The van der Waals surface area contributed by atoms with Gasteiger partial charge in [0.15, 0.2) is 0 Å². The number of hydrogen-bond donors (Lipinski definition) is 0. The Bertz CT molecular complexity index is 834. The summed E-state index contributed by atoms with van der Waals surface area (Å²) >= 11 is 0. The third kappa shape index (κ3) is 3.32. The normalized spacial score (nSPS) is 15.4. The number of nitrogens with zero attached hydrogens (tertiary/aromatic N) is 6. The van der Waals surface area contributed by atoms with Crippen molar-refractivity contribution in [3.8, 4) is 11.4 Å². The van der Waals surface area contributed by atoms with E-state index in [0.29, 0.717) is 17.6 Å². The first-order valence-electron chi connectivity index (χ1n) is 8.69. The average molecular weight is 338 g/mol. The molecule has 0 spiro atoms. The zero-order valence-corrected chi connectivity index (χ0v) is 14.6. The maximum atomic E-state index is 5.40. The molecule has 4 heterocycles. The van der Waals surface area contributed by atoms with E-state index in [1.807, 2.05) is 23.0 Å². The van der Waals surface area contributed by atoms with Crippen LogP contribution < -0.4 is 0 Å². The van der Waals surface area contributed by atoms with Gasteiger partial charge in [-0.05, 0) is 31.9 Å². The highest BCUT2D eigenvalue weighted by molar-refractivity contribution is 5.51. The number of rotatable bonds is 6. The molecule has 3 aromatic rings. The van der Waals surface area contributed by atoms with Gasteiger partial charge in [-0.3, -0.25) is 14.6 Å². The Kier molecular flexibility index (Phi) is 4.31. The van der Waals surface area contributed by atoms with Gasteiger partial charge in [0.25, 0.3) is 0 Å². The molecule has 3 aromatic heterocycles. The lowest BCUT2D eigenvalue weighted by molar-refractivity contribution is 0.0864. The monoisotopic (exact) mass is 338 g/mol. The van der Waals surface area contributed by atoms with Gasteiger partial charge >= 0.3 is 0 Å². The summed E-state index contributed by atoms with van der Waals surface area (Å²) in [5.41, 5.74) is 3.47. The van der Waals surface area contributed by atoms with Crippen LogP contribution in [0.5, 0.6) is 0 Å². The maximum Gasteiger partial charge on any atom is 0.227 e. The lowest BCUT2D eigenvalue weighted by Gasteiger charge is -2.38. The minimum Gasteiger partial charge on any atom is -0.339 e. The largest absolute Gasteiger partial charge is 0.339 e. The fourth-order valence-electron chi connectivity index (χ4n) is 3.33. The Morgan fingerprint density at radius 1 is 1.28 bits per heavy atom. The zero-order chi connectivity index (χ0) is 17.2. The summed E-state index contributed by atoms with van der Waals surface area (Å²) < 4.78 is 7.44. The SMILES string of the molecule is CCn1ncc(CN2CC(Cc3nc(-c4cccnc4)no3)C2)c1C. The number of aromatic nitrogens is 5. The highest BCUT2D eigenvalue weighted by Gasteiger charge is 2.29. The van der Waals surface area contributed by atoms with Crippen molar-refractivity contribution in [3.63, 3.8) is 0 Å². The Morgan fingerprint density at radius 3 is 2.88 bits per heavy atom. The Balaban J connectivity index is 1.30. The highest BCUT2D eigenvalue weighted by atomic mass is 16.5. The van der Waals surface area contributed by atoms with E-state index in [2.05, 4.69) is 39.0 Å². The third-order valence-corrected chi connectivity index (χ3v) is 4.78. The van der Waals surface area contributed by atoms with E-state index in [4.69, 9.17) is 4.52 Å². The molecule has 0 atom stereocenters. The maximum absolute atomic E-state index is 5.40. The quantitative estimate of drug-likeness (QED) is 0.687. The molecule has 0 bridgehead atoms. The molecular formula is C18H22N6O. The van der Waals surface area contributed by atoms with Crippen LogP contribution in [0.1, 0.15) is 24.1 Å². The van der Waals surface area contributed by atoms with Crippen molar-refractivity contribution in [1.29, 1.82) is 0 Å². The molecule has 4 rings (SSSR count). The molecule has 0 unspecified atom stereocenters. The van der Waals surface area contributed by atoms with E-state index >= 15 is 0 Å². The van der Waals surface area contributed by atoms with Crippen LogP contribution in [0.2, 0.25) is 0 Å². The first-order chi connectivity index (χ1) is 12.2. The molecule has 7 nitrogen and oxygen atoms in total. The molecule has 1 aliphatic rings. The second-order valence-corrected chi connectivity index (χ2v) is 6.59. The fourth-order valence-corrected chi connectivity index (χ4v) is 3.33. The summed E-state index contributed by atoms with van der Waals surface area (Å²) in [5.74, 6) is 1.89. The van der Waals surface area contributed by atoms with Gasteiger partial charge in [-0.15, -0.1) is 0 Å². The van der Waals surface area contributed by atoms with Crippen molar-refractivity contribution in [1.82, 2.24) is 29.8 Å². The first kappa shape index (κ1) is 16.0.